The number of hydrogen-bond acceptors (Lipinski definition) is 4. The maximum Gasteiger partial charge on any atom is 0.332 e. The lowest BCUT2D eigenvalue weighted by atomic mass is 10.3. The van der Waals surface area contributed by atoms with Crippen LogP contribution in [0.2, 0.25) is 0 Å². The molecule has 0 aromatic carbocycles. The molecule has 22 heavy (non-hydrogen) atoms. The number of nitrogens with zero attached hydrogens (tertiary/aromatic N) is 4. The van der Waals surface area contributed by atoms with E-state index in [4.69, 9.17) is 5.73 Å². The molecule has 7 nitrogen and oxygen atoms in total. The van der Waals surface area contributed by atoms with Crippen LogP contribution in [0, 0.1) is 6.92 Å². The van der Waals surface area contributed by atoms with E-state index >= 15 is 0 Å². The van der Waals surface area contributed by atoms with Crippen molar-refractivity contribution >= 4 is 11.2 Å². The van der Waals surface area contributed by atoms with E-state index in [9.17, 15) is 9.59 Å². The number of aromatic nitrogens is 4. The molecular formula is C15H25N5O2. The minimum Gasteiger partial charge on any atom is -0.330 e. The topological polar surface area (TPSA) is 87.8 Å². The quantitative estimate of drug-likeness (QED) is 0.807. The van der Waals surface area contributed by atoms with E-state index in [2.05, 4.69) is 4.98 Å². The maximum atomic E-state index is 12.7. The first-order chi connectivity index (χ1) is 10.4. The van der Waals surface area contributed by atoms with E-state index in [0.29, 0.717) is 30.8 Å². The highest BCUT2D eigenvalue weighted by Gasteiger charge is 2.20. The fraction of sp³-hybridized carbons (Fsp3) is 0.667. The van der Waals surface area contributed by atoms with E-state index in [0.717, 1.165) is 18.7 Å². The van der Waals surface area contributed by atoms with Gasteiger partial charge in [-0.3, -0.25) is 13.9 Å². The molecule has 0 aliphatic rings. The summed E-state index contributed by atoms with van der Waals surface area (Å²) >= 11 is 0. The fourth-order valence-corrected chi connectivity index (χ4v) is 2.80. The lowest BCUT2D eigenvalue weighted by Crippen LogP contribution is -2.40. The number of aryl methyl sites for hydroxylation is 2. The molecule has 0 bridgehead atoms. The first-order valence-electron chi connectivity index (χ1n) is 7.86. The van der Waals surface area contributed by atoms with E-state index in [1.54, 1.807) is 11.5 Å². The highest BCUT2D eigenvalue weighted by Crippen LogP contribution is 2.15. The lowest BCUT2D eigenvalue weighted by Gasteiger charge is -2.14. The summed E-state index contributed by atoms with van der Waals surface area (Å²) in [7, 11) is 0. The van der Waals surface area contributed by atoms with Gasteiger partial charge >= 0.3 is 5.69 Å². The minimum absolute atomic E-state index is 0.0554. The number of imidazole rings is 1. The van der Waals surface area contributed by atoms with Gasteiger partial charge in [0.05, 0.1) is 0 Å². The third-order valence-electron chi connectivity index (χ3n) is 3.92. The highest BCUT2D eigenvalue weighted by atomic mass is 16.2. The van der Waals surface area contributed by atoms with Crippen molar-refractivity contribution in [3.05, 3.63) is 26.7 Å². The normalized spacial score (nSPS) is 11.7. The molecule has 0 saturated carbocycles. The average Bonchev–Trinajstić information content (AvgIpc) is 2.76. The van der Waals surface area contributed by atoms with Gasteiger partial charge in [-0.2, -0.15) is 0 Å². The molecule has 2 N–H and O–H groups in total. The van der Waals surface area contributed by atoms with Crippen molar-refractivity contribution in [3.63, 3.8) is 0 Å². The van der Waals surface area contributed by atoms with Crippen LogP contribution in [0.3, 0.4) is 0 Å². The van der Waals surface area contributed by atoms with Gasteiger partial charge < -0.3 is 10.3 Å². The van der Waals surface area contributed by atoms with Gasteiger partial charge in [-0.05, 0) is 47.1 Å². The Balaban J connectivity index is 2.79. The summed E-state index contributed by atoms with van der Waals surface area (Å²) < 4.78 is 4.80. The summed E-state index contributed by atoms with van der Waals surface area (Å²) in [5.41, 5.74) is 6.00. The summed E-state index contributed by atoms with van der Waals surface area (Å²) in [4.78, 5) is 29.7. The molecule has 0 aliphatic heterocycles. The molecule has 2 rings (SSSR count). The van der Waals surface area contributed by atoms with Gasteiger partial charge in [0, 0.05) is 19.1 Å². The van der Waals surface area contributed by atoms with Gasteiger partial charge in [0.25, 0.3) is 5.56 Å². The lowest BCUT2D eigenvalue weighted by molar-refractivity contribution is 0.531. The van der Waals surface area contributed by atoms with Crippen molar-refractivity contribution in [2.45, 2.75) is 59.7 Å². The van der Waals surface area contributed by atoms with Crippen LogP contribution in [0.1, 0.15) is 45.5 Å². The Bertz CT molecular complexity index is 782. The summed E-state index contributed by atoms with van der Waals surface area (Å²) in [6, 6.07) is -0.0554. The van der Waals surface area contributed by atoms with Gasteiger partial charge in [0.1, 0.15) is 5.82 Å². The van der Waals surface area contributed by atoms with Crippen molar-refractivity contribution in [1.29, 1.82) is 0 Å². The molecule has 0 radical (unpaired) electrons. The number of unbranched alkanes of at least 4 members (excludes halogenated alkanes) is 1. The Morgan fingerprint density at radius 2 is 1.86 bits per heavy atom. The van der Waals surface area contributed by atoms with Crippen LogP contribution in [-0.4, -0.2) is 25.2 Å². The Kier molecular flexibility index (Phi) is 4.85. The van der Waals surface area contributed by atoms with Crippen molar-refractivity contribution in [1.82, 2.24) is 18.7 Å². The molecule has 0 spiro atoms. The number of rotatable bonds is 6. The van der Waals surface area contributed by atoms with Crippen molar-refractivity contribution in [3.8, 4) is 0 Å². The Morgan fingerprint density at radius 1 is 1.18 bits per heavy atom. The first-order valence-corrected chi connectivity index (χ1v) is 7.86. The molecule has 0 fully saturated rings. The average molecular weight is 307 g/mol. The maximum absolute atomic E-state index is 12.7. The Morgan fingerprint density at radius 3 is 2.41 bits per heavy atom. The number of hydrogen-bond donors (Lipinski definition) is 1. The molecular weight excluding hydrogens is 282 g/mol. The number of nitrogens with two attached hydrogens (primary N) is 1. The van der Waals surface area contributed by atoms with Crippen LogP contribution < -0.4 is 17.0 Å². The van der Waals surface area contributed by atoms with Gasteiger partial charge in [0.2, 0.25) is 0 Å². The van der Waals surface area contributed by atoms with Gasteiger partial charge in [0.15, 0.2) is 11.2 Å². The largest absolute Gasteiger partial charge is 0.332 e. The highest BCUT2D eigenvalue weighted by molar-refractivity contribution is 5.71. The smallest absolute Gasteiger partial charge is 0.330 e. The summed E-state index contributed by atoms with van der Waals surface area (Å²) in [5, 5.41) is 0. The summed E-state index contributed by atoms with van der Waals surface area (Å²) in [6.45, 7) is 9.19. The number of fused-ring (bicyclic) bond motifs is 1. The van der Waals surface area contributed by atoms with E-state index in [-0.39, 0.29) is 17.3 Å². The fourth-order valence-electron chi connectivity index (χ4n) is 2.80. The molecule has 0 amide bonds. The van der Waals surface area contributed by atoms with Crippen LogP contribution in [0.5, 0.6) is 0 Å². The zero-order valence-electron chi connectivity index (χ0n) is 13.8. The second-order valence-electron chi connectivity index (χ2n) is 5.77. The van der Waals surface area contributed by atoms with E-state index < -0.39 is 0 Å². The molecule has 2 aromatic rings. The van der Waals surface area contributed by atoms with Crippen molar-refractivity contribution in [2.75, 3.05) is 6.54 Å². The molecule has 0 atom stereocenters. The zero-order chi connectivity index (χ0) is 16.4. The molecule has 122 valence electrons. The molecule has 2 heterocycles. The second kappa shape index (κ2) is 6.48. The third-order valence-corrected chi connectivity index (χ3v) is 3.92. The molecule has 2 aromatic heterocycles. The van der Waals surface area contributed by atoms with Crippen molar-refractivity contribution < 1.29 is 0 Å². The standard InChI is InChI=1S/C15H25N5O2/c1-5-18-14(21)12-13(20(10(2)3)15(18)22)17-11(4)19(12)9-7-6-8-16/h10H,5-9,16H2,1-4H3. The molecule has 0 aliphatic carbocycles. The summed E-state index contributed by atoms with van der Waals surface area (Å²) in [6.07, 6.45) is 1.78. The van der Waals surface area contributed by atoms with Gasteiger partial charge in [-0.25, -0.2) is 9.78 Å². The molecule has 7 heteroatoms. The predicted octanol–water partition coefficient (Wildman–Crippen LogP) is 1.01. The first kappa shape index (κ1) is 16.5. The van der Waals surface area contributed by atoms with E-state index in [1.807, 2.05) is 25.3 Å². The van der Waals surface area contributed by atoms with Crippen LogP contribution >= 0.6 is 0 Å². The van der Waals surface area contributed by atoms with Crippen LogP contribution in [-0.2, 0) is 13.1 Å². The van der Waals surface area contributed by atoms with Crippen LogP contribution in [0.4, 0.5) is 0 Å². The van der Waals surface area contributed by atoms with Crippen molar-refractivity contribution in [2.24, 2.45) is 5.73 Å². The third kappa shape index (κ3) is 2.61. The molecule has 0 saturated heterocycles. The van der Waals surface area contributed by atoms with Crippen LogP contribution in [0.25, 0.3) is 11.2 Å². The zero-order valence-corrected chi connectivity index (χ0v) is 13.8. The van der Waals surface area contributed by atoms with Gasteiger partial charge in [-0.15, -0.1) is 0 Å². The Hall–Kier alpha value is -1.89. The van der Waals surface area contributed by atoms with Crippen LogP contribution in [0.15, 0.2) is 9.59 Å². The molecule has 0 unspecified atom stereocenters. The minimum atomic E-state index is -0.290. The van der Waals surface area contributed by atoms with Gasteiger partial charge in [-0.1, -0.05) is 0 Å². The monoisotopic (exact) mass is 307 g/mol. The Labute approximate surface area is 129 Å². The van der Waals surface area contributed by atoms with E-state index in [1.165, 1.54) is 4.57 Å². The predicted molar refractivity (Wildman–Crippen MR) is 87.3 cm³/mol. The summed E-state index contributed by atoms with van der Waals surface area (Å²) in [5.74, 6) is 0.756. The SMILES string of the molecule is CCn1c(=O)c2c(nc(C)n2CCCCN)n(C(C)C)c1=O. The second-order valence-corrected chi connectivity index (χ2v) is 5.77.